The van der Waals surface area contributed by atoms with Gasteiger partial charge >= 0.3 is 6.09 Å². The van der Waals surface area contributed by atoms with Crippen molar-refractivity contribution in [1.82, 2.24) is 5.01 Å². The number of hydrogen-bond acceptors (Lipinski definition) is 3. The molecule has 0 unspecified atom stereocenters. The lowest BCUT2D eigenvalue weighted by atomic mass is 10.2. The maximum Gasteiger partial charge on any atom is 0.428 e. The van der Waals surface area contributed by atoms with Gasteiger partial charge in [0.1, 0.15) is 0 Å². The molecule has 1 saturated heterocycles. The molecule has 5 heteroatoms. The number of amides is 1. The van der Waals surface area contributed by atoms with E-state index in [1.165, 1.54) is 5.01 Å². The molecule has 17 heavy (non-hydrogen) atoms. The number of nitrogens with one attached hydrogen (secondary N) is 1. The number of ether oxygens (including phenoxy) is 1. The Hall–Kier alpha value is -1.86. The van der Waals surface area contributed by atoms with E-state index in [0.29, 0.717) is 29.4 Å². The second-order valence-electron chi connectivity index (χ2n) is 3.57. The first-order valence-corrected chi connectivity index (χ1v) is 5.55. The molecule has 4 nitrogen and oxygen atoms in total. The number of carbonyl (C=O) groups is 1. The van der Waals surface area contributed by atoms with Gasteiger partial charge < -0.3 is 4.74 Å². The lowest BCUT2D eigenvalue weighted by molar-refractivity contribution is 0.0826. The van der Waals surface area contributed by atoms with E-state index >= 15 is 0 Å². The molecule has 0 atom stereocenters. The van der Waals surface area contributed by atoms with Crippen molar-refractivity contribution in [2.75, 3.05) is 18.6 Å². The minimum absolute atomic E-state index is 0.404. The van der Waals surface area contributed by atoms with Gasteiger partial charge in [0, 0.05) is 18.5 Å². The molecular weight excluding hydrogens is 240 g/mol. The van der Waals surface area contributed by atoms with E-state index in [1.807, 2.05) is 0 Å². The summed E-state index contributed by atoms with van der Waals surface area (Å²) in [5.41, 5.74) is 4.20. The minimum Gasteiger partial charge on any atom is -0.448 e. The molecule has 1 fully saturated rings. The standard InChI is InChI=1S/C12H11ClN2O2/c1-2-9-4-5-10(13)11(8-9)14-15-6-3-7-17-12(15)16/h1,4-5,8,14H,3,6-7H2. The van der Waals surface area contributed by atoms with Gasteiger partial charge in [-0.25, -0.2) is 9.80 Å². The lowest BCUT2D eigenvalue weighted by Crippen LogP contribution is -2.41. The number of anilines is 1. The first kappa shape index (κ1) is 11.6. The number of carbonyl (C=O) groups excluding carboxylic acids is 1. The normalized spacial score (nSPS) is 15.1. The Labute approximate surface area is 104 Å². The molecule has 0 aliphatic carbocycles. The number of benzene rings is 1. The fraction of sp³-hybridized carbons (Fsp3) is 0.250. The highest BCUT2D eigenvalue weighted by molar-refractivity contribution is 6.33. The van der Waals surface area contributed by atoms with Crippen molar-refractivity contribution in [3.8, 4) is 12.3 Å². The van der Waals surface area contributed by atoms with Gasteiger partial charge in [-0.3, -0.25) is 5.43 Å². The Morgan fingerprint density at radius 1 is 1.53 bits per heavy atom. The van der Waals surface area contributed by atoms with E-state index < -0.39 is 6.09 Å². The summed E-state index contributed by atoms with van der Waals surface area (Å²) in [6.45, 7) is 1.03. The van der Waals surface area contributed by atoms with Gasteiger partial charge in [-0.1, -0.05) is 17.5 Å². The fourth-order valence-corrected chi connectivity index (χ4v) is 1.66. The van der Waals surface area contributed by atoms with Crippen molar-refractivity contribution >= 4 is 23.4 Å². The van der Waals surface area contributed by atoms with Crippen molar-refractivity contribution in [3.63, 3.8) is 0 Å². The second kappa shape index (κ2) is 4.98. The Kier molecular flexibility index (Phi) is 3.40. The SMILES string of the molecule is C#Cc1ccc(Cl)c(NN2CCCOC2=O)c1. The summed E-state index contributed by atoms with van der Waals surface area (Å²) in [4.78, 5) is 11.4. The van der Waals surface area contributed by atoms with Crippen LogP contribution in [0.2, 0.25) is 5.02 Å². The monoisotopic (exact) mass is 250 g/mol. The summed E-state index contributed by atoms with van der Waals surface area (Å²) >= 11 is 6.01. The summed E-state index contributed by atoms with van der Waals surface area (Å²) in [7, 11) is 0. The summed E-state index contributed by atoms with van der Waals surface area (Å²) < 4.78 is 4.90. The van der Waals surface area contributed by atoms with Gasteiger partial charge in [0.05, 0.1) is 17.3 Å². The number of cyclic esters (lactones) is 1. The molecule has 1 aromatic carbocycles. The predicted molar refractivity (Wildman–Crippen MR) is 65.7 cm³/mol. The molecule has 0 spiro atoms. The van der Waals surface area contributed by atoms with Crippen LogP contribution in [0, 0.1) is 12.3 Å². The zero-order chi connectivity index (χ0) is 12.3. The van der Waals surface area contributed by atoms with Crippen LogP contribution in [0.4, 0.5) is 10.5 Å². The van der Waals surface area contributed by atoms with Gasteiger partial charge in [0.15, 0.2) is 0 Å². The maximum atomic E-state index is 11.4. The largest absolute Gasteiger partial charge is 0.448 e. The van der Waals surface area contributed by atoms with E-state index in [4.69, 9.17) is 22.8 Å². The smallest absolute Gasteiger partial charge is 0.428 e. The van der Waals surface area contributed by atoms with E-state index in [-0.39, 0.29) is 0 Å². The molecule has 1 aliphatic rings. The first-order chi connectivity index (χ1) is 8.20. The third kappa shape index (κ3) is 2.63. The Balaban J connectivity index is 2.17. The Morgan fingerprint density at radius 2 is 2.35 bits per heavy atom. The number of halogens is 1. The summed E-state index contributed by atoms with van der Waals surface area (Å²) in [5, 5.41) is 1.88. The molecular formula is C12H11ClN2O2. The summed E-state index contributed by atoms with van der Waals surface area (Å²) in [6, 6.07) is 5.14. The van der Waals surface area contributed by atoms with Gasteiger partial charge in [-0.05, 0) is 18.2 Å². The van der Waals surface area contributed by atoms with Crippen molar-refractivity contribution in [3.05, 3.63) is 28.8 Å². The van der Waals surface area contributed by atoms with Crippen LogP contribution in [0.15, 0.2) is 18.2 Å². The van der Waals surface area contributed by atoms with Crippen molar-refractivity contribution < 1.29 is 9.53 Å². The van der Waals surface area contributed by atoms with Crippen molar-refractivity contribution in [2.24, 2.45) is 0 Å². The first-order valence-electron chi connectivity index (χ1n) is 5.18. The van der Waals surface area contributed by atoms with E-state index in [1.54, 1.807) is 18.2 Å². The van der Waals surface area contributed by atoms with Crippen LogP contribution in [-0.4, -0.2) is 24.3 Å². The molecule has 88 valence electrons. The van der Waals surface area contributed by atoms with Gasteiger partial charge in [-0.15, -0.1) is 6.42 Å². The van der Waals surface area contributed by atoms with Crippen LogP contribution in [0.3, 0.4) is 0 Å². The van der Waals surface area contributed by atoms with Crippen LogP contribution in [0.1, 0.15) is 12.0 Å². The summed E-state index contributed by atoms with van der Waals surface area (Å²) in [5.74, 6) is 2.51. The van der Waals surface area contributed by atoms with Gasteiger partial charge in [0.25, 0.3) is 0 Å². The number of terminal acetylenes is 1. The van der Waals surface area contributed by atoms with E-state index in [0.717, 1.165) is 6.42 Å². The van der Waals surface area contributed by atoms with E-state index in [2.05, 4.69) is 11.3 Å². The molecule has 1 aliphatic heterocycles. The van der Waals surface area contributed by atoms with Crippen LogP contribution in [0.5, 0.6) is 0 Å². The average molecular weight is 251 g/mol. The third-order valence-electron chi connectivity index (χ3n) is 2.36. The molecule has 1 amide bonds. The Bertz CT molecular complexity index is 482. The molecule has 0 aromatic heterocycles. The highest BCUT2D eigenvalue weighted by Gasteiger charge is 2.20. The number of hydrogen-bond donors (Lipinski definition) is 1. The summed E-state index contributed by atoms with van der Waals surface area (Å²) in [6.07, 6.45) is 5.68. The fourth-order valence-electron chi connectivity index (χ4n) is 1.50. The van der Waals surface area contributed by atoms with Gasteiger partial charge in [0.2, 0.25) is 0 Å². The van der Waals surface area contributed by atoms with Crippen molar-refractivity contribution in [1.29, 1.82) is 0 Å². The van der Waals surface area contributed by atoms with E-state index in [9.17, 15) is 4.79 Å². The molecule has 0 radical (unpaired) electrons. The maximum absolute atomic E-state index is 11.4. The highest BCUT2D eigenvalue weighted by atomic mass is 35.5. The minimum atomic E-state index is -0.404. The molecule has 1 N–H and O–H groups in total. The number of nitrogens with zero attached hydrogens (tertiary/aromatic N) is 1. The lowest BCUT2D eigenvalue weighted by Gasteiger charge is -2.27. The molecule has 0 saturated carbocycles. The third-order valence-corrected chi connectivity index (χ3v) is 2.69. The second-order valence-corrected chi connectivity index (χ2v) is 3.98. The topological polar surface area (TPSA) is 41.6 Å². The molecule has 0 bridgehead atoms. The highest BCUT2D eigenvalue weighted by Crippen LogP contribution is 2.24. The van der Waals surface area contributed by atoms with Crippen molar-refractivity contribution in [2.45, 2.75) is 6.42 Å². The molecule has 2 rings (SSSR count). The molecule has 1 aromatic rings. The van der Waals surface area contributed by atoms with Gasteiger partial charge in [-0.2, -0.15) is 0 Å². The average Bonchev–Trinajstić information content (AvgIpc) is 2.35. The van der Waals surface area contributed by atoms with Crippen LogP contribution in [-0.2, 0) is 4.74 Å². The zero-order valence-electron chi connectivity index (χ0n) is 9.07. The number of hydrazine groups is 1. The van der Waals surface area contributed by atoms with Crippen LogP contribution >= 0.6 is 11.6 Å². The quantitative estimate of drug-likeness (QED) is 0.820. The number of rotatable bonds is 2. The predicted octanol–water partition coefficient (Wildman–Crippen LogP) is 2.49. The zero-order valence-corrected chi connectivity index (χ0v) is 9.83. The Morgan fingerprint density at radius 3 is 3.06 bits per heavy atom. The van der Waals surface area contributed by atoms with Crippen LogP contribution in [0.25, 0.3) is 0 Å². The van der Waals surface area contributed by atoms with Crippen LogP contribution < -0.4 is 5.43 Å². The molecule has 1 heterocycles.